The molecular formula is C28H45N5O7S. The van der Waals surface area contributed by atoms with Crippen LogP contribution in [0.4, 0.5) is 4.79 Å². The Balaban J connectivity index is 1.49. The lowest BCUT2D eigenvalue weighted by Crippen LogP contribution is -2.59. The zero-order chi connectivity index (χ0) is 30.0. The first-order valence-corrected chi connectivity index (χ1v) is 16.4. The normalized spacial score (nSPS) is 32.5. The van der Waals surface area contributed by atoms with Crippen LogP contribution >= 0.6 is 0 Å². The highest BCUT2D eigenvalue weighted by Gasteiger charge is 2.61. The van der Waals surface area contributed by atoms with E-state index < -0.39 is 57.0 Å². The summed E-state index contributed by atoms with van der Waals surface area (Å²) in [7, 11) is -3.35. The zero-order valence-electron chi connectivity index (χ0n) is 24.4. The second-order valence-corrected chi connectivity index (χ2v) is 15.0. The molecule has 0 aromatic heterocycles. The van der Waals surface area contributed by atoms with Crippen molar-refractivity contribution in [1.82, 2.24) is 25.2 Å². The van der Waals surface area contributed by atoms with E-state index in [0.29, 0.717) is 51.6 Å². The van der Waals surface area contributed by atoms with Gasteiger partial charge in [0.15, 0.2) is 0 Å². The van der Waals surface area contributed by atoms with Crippen molar-refractivity contribution in [2.45, 2.75) is 102 Å². The van der Waals surface area contributed by atoms with Gasteiger partial charge in [-0.2, -0.15) is 4.31 Å². The van der Waals surface area contributed by atoms with Crippen LogP contribution in [0.3, 0.4) is 0 Å². The molecule has 3 heterocycles. The summed E-state index contributed by atoms with van der Waals surface area (Å²) in [6, 6.07) is -2.73. The smallest absolute Gasteiger partial charge is 0.330 e. The molecule has 0 bridgehead atoms. The summed E-state index contributed by atoms with van der Waals surface area (Å²) >= 11 is 0. The molecule has 4 N–H and O–H groups in total. The van der Waals surface area contributed by atoms with Crippen LogP contribution in [-0.4, -0.2) is 95.6 Å². The predicted molar refractivity (Wildman–Crippen MR) is 152 cm³/mol. The van der Waals surface area contributed by atoms with E-state index in [1.54, 1.807) is 0 Å². The lowest BCUT2D eigenvalue weighted by Gasteiger charge is -2.35. The highest BCUT2D eigenvalue weighted by atomic mass is 32.2. The number of allylic oxidation sites excluding steroid dienone is 1. The van der Waals surface area contributed by atoms with Gasteiger partial charge in [0.2, 0.25) is 21.8 Å². The maximum absolute atomic E-state index is 13.8. The monoisotopic (exact) mass is 595 g/mol. The Bertz CT molecular complexity index is 1170. The quantitative estimate of drug-likeness (QED) is 0.350. The average molecular weight is 596 g/mol. The third-order valence-electron chi connectivity index (χ3n) is 8.86. The standard InChI is InChI=1S/C28H45N5O7S/c1-27(2,3)22(18-32-14-10-16-41(32,39)40)30-26(38)29-20-12-8-6-4-5-7-11-19-17-28(19,25(36)37)31-23(34)21-13-9-15-33(21)24(20)35/h7,11,19-22H,4-6,8-10,12-18H2,1-3H3,(H,31,34)(H,36,37)(H2,29,30,38)/b11-7-/t19?,20-,21?,22?,28+/m0/s1. The van der Waals surface area contributed by atoms with Gasteiger partial charge < -0.3 is 26.0 Å². The Labute approximate surface area is 242 Å². The van der Waals surface area contributed by atoms with Crippen molar-refractivity contribution < 1.29 is 32.7 Å². The third kappa shape index (κ3) is 7.22. The molecule has 4 aliphatic rings. The lowest BCUT2D eigenvalue weighted by atomic mass is 9.86. The second-order valence-electron chi connectivity index (χ2n) is 12.9. The maximum atomic E-state index is 13.8. The van der Waals surface area contributed by atoms with Crippen molar-refractivity contribution >= 4 is 33.8 Å². The number of hydrogen-bond acceptors (Lipinski definition) is 6. The van der Waals surface area contributed by atoms with E-state index in [2.05, 4.69) is 16.0 Å². The van der Waals surface area contributed by atoms with Gasteiger partial charge in [-0.3, -0.25) is 9.59 Å². The molecule has 0 radical (unpaired) electrons. The number of hydrogen-bond donors (Lipinski definition) is 4. The Morgan fingerprint density at radius 1 is 1.12 bits per heavy atom. The summed E-state index contributed by atoms with van der Waals surface area (Å²) < 4.78 is 26.2. The summed E-state index contributed by atoms with van der Waals surface area (Å²) in [5, 5.41) is 18.3. The summed E-state index contributed by atoms with van der Waals surface area (Å²) in [5.41, 5.74) is -1.79. The van der Waals surface area contributed by atoms with Crippen molar-refractivity contribution in [1.29, 1.82) is 0 Å². The molecule has 0 aromatic carbocycles. The van der Waals surface area contributed by atoms with E-state index in [-0.39, 0.29) is 24.1 Å². The van der Waals surface area contributed by atoms with Crippen LogP contribution in [0.2, 0.25) is 0 Å². The number of sulfonamides is 1. The van der Waals surface area contributed by atoms with Crippen molar-refractivity contribution in [3.05, 3.63) is 12.2 Å². The van der Waals surface area contributed by atoms with Crippen LogP contribution < -0.4 is 16.0 Å². The zero-order valence-corrected chi connectivity index (χ0v) is 25.2. The fourth-order valence-electron chi connectivity index (χ4n) is 6.07. The van der Waals surface area contributed by atoms with Gasteiger partial charge in [-0.15, -0.1) is 0 Å². The van der Waals surface area contributed by atoms with E-state index in [0.717, 1.165) is 19.3 Å². The van der Waals surface area contributed by atoms with E-state index in [4.69, 9.17) is 0 Å². The minimum absolute atomic E-state index is 0.0985. The number of carboxylic acids is 1. The number of nitrogens with zero attached hydrogens (tertiary/aromatic N) is 2. The van der Waals surface area contributed by atoms with E-state index >= 15 is 0 Å². The number of carboxylic acid groups (broad SMARTS) is 1. The molecule has 1 saturated carbocycles. The number of nitrogens with one attached hydrogen (secondary N) is 3. The molecule has 2 saturated heterocycles. The first kappa shape index (κ1) is 31.3. The van der Waals surface area contributed by atoms with Gasteiger partial charge in [0.05, 0.1) is 5.75 Å². The lowest BCUT2D eigenvalue weighted by molar-refractivity contribution is -0.145. The Morgan fingerprint density at radius 3 is 2.54 bits per heavy atom. The Morgan fingerprint density at radius 2 is 1.88 bits per heavy atom. The molecule has 4 amide bonds. The number of amides is 4. The fraction of sp³-hybridized carbons (Fsp3) is 0.786. The second kappa shape index (κ2) is 12.3. The topological polar surface area (TPSA) is 165 Å². The first-order valence-electron chi connectivity index (χ1n) is 14.8. The molecule has 0 aromatic rings. The highest BCUT2D eigenvalue weighted by molar-refractivity contribution is 7.89. The van der Waals surface area contributed by atoms with Gasteiger partial charge >= 0.3 is 12.0 Å². The Kier molecular flexibility index (Phi) is 9.37. The Hall–Kier alpha value is -2.67. The van der Waals surface area contributed by atoms with Crippen molar-refractivity contribution in [3.63, 3.8) is 0 Å². The minimum atomic E-state index is -3.35. The van der Waals surface area contributed by atoms with Gasteiger partial charge in [0.25, 0.3) is 0 Å². The van der Waals surface area contributed by atoms with Crippen LogP contribution in [0.1, 0.15) is 78.6 Å². The summed E-state index contributed by atoms with van der Waals surface area (Å²) in [6.45, 7) is 6.67. The van der Waals surface area contributed by atoms with Gasteiger partial charge in [-0.1, -0.05) is 45.8 Å². The third-order valence-corrected chi connectivity index (χ3v) is 10.8. The number of urea groups is 1. The molecule has 3 aliphatic heterocycles. The molecule has 12 nitrogen and oxygen atoms in total. The number of carbonyl (C=O) groups excluding carboxylic acids is 3. The van der Waals surface area contributed by atoms with Crippen LogP contribution in [0.25, 0.3) is 0 Å². The fourth-order valence-corrected chi connectivity index (χ4v) is 7.60. The molecule has 230 valence electrons. The number of rotatable bonds is 5. The summed E-state index contributed by atoms with van der Waals surface area (Å²) in [6.07, 6.45) is 9.24. The average Bonchev–Trinajstić information content (AvgIpc) is 3.18. The summed E-state index contributed by atoms with van der Waals surface area (Å²) in [5.74, 6) is -2.10. The van der Waals surface area contributed by atoms with Crippen LogP contribution in [0, 0.1) is 11.3 Å². The van der Waals surface area contributed by atoms with Gasteiger partial charge in [-0.05, 0) is 50.4 Å². The SMILES string of the molecule is CC(C)(C)C(CN1CCCS1(=O)=O)NC(=O)N[C@H]1CCCCC/C=C\C2C[C@@]2(C(=O)O)NC(=O)C2CCCN2C1=O. The van der Waals surface area contributed by atoms with E-state index in [9.17, 15) is 32.7 Å². The van der Waals surface area contributed by atoms with Gasteiger partial charge in [0.1, 0.15) is 17.6 Å². The molecule has 3 unspecified atom stereocenters. The van der Waals surface area contributed by atoms with Crippen LogP contribution in [0.15, 0.2) is 12.2 Å². The molecule has 5 atom stereocenters. The predicted octanol–water partition coefficient (Wildman–Crippen LogP) is 1.58. The molecule has 41 heavy (non-hydrogen) atoms. The number of carbonyl (C=O) groups is 4. The number of fused-ring (bicyclic) bond motifs is 2. The van der Waals surface area contributed by atoms with Crippen molar-refractivity contribution in [2.75, 3.05) is 25.4 Å². The molecule has 3 fully saturated rings. The van der Waals surface area contributed by atoms with Gasteiger partial charge in [0, 0.05) is 31.6 Å². The van der Waals surface area contributed by atoms with Crippen LogP contribution in [0.5, 0.6) is 0 Å². The first-order chi connectivity index (χ1) is 19.2. The molecule has 13 heteroatoms. The molecular weight excluding hydrogens is 550 g/mol. The molecule has 0 spiro atoms. The minimum Gasteiger partial charge on any atom is -0.479 e. The molecule has 1 aliphatic carbocycles. The van der Waals surface area contributed by atoms with E-state index in [1.807, 2.05) is 32.9 Å². The number of aliphatic carboxylic acids is 1. The maximum Gasteiger partial charge on any atom is 0.330 e. The van der Waals surface area contributed by atoms with Crippen molar-refractivity contribution in [3.8, 4) is 0 Å². The summed E-state index contributed by atoms with van der Waals surface area (Å²) in [4.78, 5) is 53.9. The van der Waals surface area contributed by atoms with Crippen LogP contribution in [-0.2, 0) is 24.4 Å². The highest BCUT2D eigenvalue weighted by Crippen LogP contribution is 2.45. The van der Waals surface area contributed by atoms with E-state index in [1.165, 1.54) is 9.21 Å². The van der Waals surface area contributed by atoms with Crippen molar-refractivity contribution in [2.24, 2.45) is 11.3 Å². The van der Waals surface area contributed by atoms with Gasteiger partial charge in [-0.25, -0.2) is 18.0 Å². The molecule has 4 rings (SSSR count). The largest absolute Gasteiger partial charge is 0.479 e.